The number of anilines is 1. The zero-order chi connectivity index (χ0) is 18.5. The summed E-state index contributed by atoms with van der Waals surface area (Å²) in [7, 11) is 0. The summed E-state index contributed by atoms with van der Waals surface area (Å²) >= 11 is 0. The maximum atomic E-state index is 12.7. The minimum Gasteiger partial charge on any atom is -0.424 e. The predicted molar refractivity (Wildman–Crippen MR) is 96.2 cm³/mol. The number of carbonyl (C=O) groups excluding carboxylic acids is 1. The van der Waals surface area contributed by atoms with Crippen LogP contribution in [0.25, 0.3) is 0 Å². The molecule has 0 saturated heterocycles. The molecule has 3 rings (SSSR count). The summed E-state index contributed by atoms with van der Waals surface area (Å²) in [4.78, 5) is 20.7. The van der Waals surface area contributed by atoms with Crippen LogP contribution in [-0.4, -0.2) is 21.0 Å². The van der Waals surface area contributed by atoms with Gasteiger partial charge in [0.25, 0.3) is 0 Å². The van der Waals surface area contributed by atoms with Crippen LogP contribution < -0.4 is 10.1 Å². The van der Waals surface area contributed by atoms with Crippen LogP contribution in [-0.2, 0) is 4.79 Å². The number of hydrogen-bond donors (Lipinski definition) is 1. The van der Waals surface area contributed by atoms with E-state index in [1.165, 1.54) is 0 Å². The van der Waals surface area contributed by atoms with Crippen molar-refractivity contribution in [3.8, 4) is 11.8 Å². The lowest BCUT2D eigenvalue weighted by Crippen LogP contribution is -2.21. The standard InChI is InChI=1S/C19H20N4O3/c1-4-16(17-12(2)23-26-13(17)3)18(24)22-14-6-8-15(9-7-14)25-19-20-10-5-11-21-19/h5-11,16H,4H2,1-3H3,(H,22,24). The molecule has 0 radical (unpaired) electrons. The number of ether oxygens (including phenoxy) is 1. The van der Waals surface area contributed by atoms with Gasteiger partial charge in [0.1, 0.15) is 11.5 Å². The van der Waals surface area contributed by atoms with Crippen molar-refractivity contribution in [3.05, 3.63) is 59.7 Å². The van der Waals surface area contributed by atoms with Gasteiger partial charge in [-0.2, -0.15) is 0 Å². The fourth-order valence-electron chi connectivity index (χ4n) is 2.79. The van der Waals surface area contributed by atoms with E-state index in [4.69, 9.17) is 9.26 Å². The number of nitrogens with one attached hydrogen (secondary N) is 1. The van der Waals surface area contributed by atoms with Crippen LogP contribution in [0.3, 0.4) is 0 Å². The molecule has 1 atom stereocenters. The molecule has 0 bridgehead atoms. The Hall–Kier alpha value is -3.22. The molecule has 0 saturated carbocycles. The molecule has 1 N–H and O–H groups in total. The molecule has 0 spiro atoms. The summed E-state index contributed by atoms with van der Waals surface area (Å²) in [6, 6.07) is 9.04. The Bertz CT molecular complexity index is 856. The third kappa shape index (κ3) is 3.88. The van der Waals surface area contributed by atoms with Crippen molar-refractivity contribution in [2.75, 3.05) is 5.32 Å². The zero-order valence-corrected chi connectivity index (χ0v) is 14.9. The maximum absolute atomic E-state index is 12.7. The maximum Gasteiger partial charge on any atom is 0.321 e. The Labute approximate surface area is 151 Å². The van der Waals surface area contributed by atoms with Crippen molar-refractivity contribution in [3.63, 3.8) is 0 Å². The molecule has 2 heterocycles. The third-order valence-corrected chi connectivity index (χ3v) is 4.03. The Morgan fingerprint density at radius 2 is 1.88 bits per heavy atom. The SMILES string of the molecule is CCC(C(=O)Nc1ccc(Oc2ncccn2)cc1)c1c(C)noc1C. The molecular formula is C19H20N4O3. The molecule has 7 nitrogen and oxygen atoms in total. The van der Waals surface area contributed by atoms with E-state index in [1.807, 2.05) is 20.8 Å². The number of aryl methyl sites for hydroxylation is 2. The number of aromatic nitrogens is 3. The van der Waals surface area contributed by atoms with Crippen LogP contribution in [0.1, 0.15) is 36.3 Å². The first kappa shape index (κ1) is 17.6. The van der Waals surface area contributed by atoms with Crippen molar-refractivity contribution in [1.82, 2.24) is 15.1 Å². The average Bonchev–Trinajstić information content (AvgIpc) is 2.97. The predicted octanol–water partition coefficient (Wildman–Crippen LogP) is 4.01. The van der Waals surface area contributed by atoms with Crippen LogP contribution >= 0.6 is 0 Å². The van der Waals surface area contributed by atoms with Crippen LogP contribution in [0.15, 0.2) is 47.2 Å². The van der Waals surface area contributed by atoms with Gasteiger partial charge in [-0.05, 0) is 50.6 Å². The highest BCUT2D eigenvalue weighted by molar-refractivity contribution is 5.96. The number of nitrogens with zero attached hydrogens (tertiary/aromatic N) is 3. The number of benzene rings is 1. The monoisotopic (exact) mass is 352 g/mol. The highest BCUT2D eigenvalue weighted by Gasteiger charge is 2.25. The van der Waals surface area contributed by atoms with Gasteiger partial charge in [0.05, 0.1) is 11.6 Å². The fraction of sp³-hybridized carbons (Fsp3) is 0.263. The smallest absolute Gasteiger partial charge is 0.321 e. The lowest BCUT2D eigenvalue weighted by Gasteiger charge is -2.15. The average molecular weight is 352 g/mol. The summed E-state index contributed by atoms with van der Waals surface area (Å²) in [5.41, 5.74) is 2.28. The first-order chi connectivity index (χ1) is 12.6. The van der Waals surface area contributed by atoms with Crippen molar-refractivity contribution < 1.29 is 14.1 Å². The molecular weight excluding hydrogens is 332 g/mol. The molecule has 0 aliphatic carbocycles. The minimum absolute atomic E-state index is 0.0954. The Kier molecular flexibility index (Phi) is 5.26. The van der Waals surface area contributed by atoms with Gasteiger partial charge in [0.2, 0.25) is 5.91 Å². The molecule has 2 aromatic heterocycles. The van der Waals surface area contributed by atoms with Crippen molar-refractivity contribution in [2.24, 2.45) is 0 Å². The molecule has 0 fully saturated rings. The normalized spacial score (nSPS) is 11.8. The van der Waals surface area contributed by atoms with Crippen LogP contribution in [0.4, 0.5) is 5.69 Å². The molecule has 1 unspecified atom stereocenters. The molecule has 1 amide bonds. The van der Waals surface area contributed by atoms with Gasteiger partial charge in [-0.25, -0.2) is 9.97 Å². The summed E-state index contributed by atoms with van der Waals surface area (Å²) in [5, 5.41) is 6.87. The fourth-order valence-corrected chi connectivity index (χ4v) is 2.79. The minimum atomic E-state index is -0.310. The third-order valence-electron chi connectivity index (χ3n) is 4.03. The van der Waals surface area contributed by atoms with Gasteiger partial charge in [0, 0.05) is 23.6 Å². The molecule has 7 heteroatoms. The number of hydrogen-bond acceptors (Lipinski definition) is 6. The largest absolute Gasteiger partial charge is 0.424 e. The number of rotatable bonds is 6. The lowest BCUT2D eigenvalue weighted by molar-refractivity contribution is -0.117. The van der Waals surface area contributed by atoms with E-state index in [0.717, 1.165) is 11.3 Å². The van der Waals surface area contributed by atoms with E-state index in [0.29, 0.717) is 23.6 Å². The highest BCUT2D eigenvalue weighted by Crippen LogP contribution is 2.28. The van der Waals surface area contributed by atoms with Gasteiger partial charge < -0.3 is 14.6 Å². The second-order valence-corrected chi connectivity index (χ2v) is 5.85. The second-order valence-electron chi connectivity index (χ2n) is 5.85. The van der Waals surface area contributed by atoms with E-state index in [9.17, 15) is 4.79 Å². The van der Waals surface area contributed by atoms with E-state index in [-0.39, 0.29) is 17.8 Å². The van der Waals surface area contributed by atoms with Crippen LogP contribution in [0.2, 0.25) is 0 Å². The van der Waals surface area contributed by atoms with Crippen LogP contribution in [0, 0.1) is 13.8 Å². The molecule has 1 aromatic carbocycles. The Balaban J connectivity index is 1.69. The van der Waals surface area contributed by atoms with Crippen LogP contribution in [0.5, 0.6) is 11.8 Å². The van der Waals surface area contributed by atoms with E-state index in [2.05, 4.69) is 20.4 Å². The Morgan fingerprint density at radius 1 is 1.19 bits per heavy atom. The molecule has 0 aliphatic heterocycles. The summed E-state index contributed by atoms with van der Waals surface area (Å²) in [6.45, 7) is 5.63. The van der Waals surface area contributed by atoms with Gasteiger partial charge in [-0.15, -0.1) is 0 Å². The van der Waals surface area contributed by atoms with Gasteiger partial charge in [-0.3, -0.25) is 4.79 Å². The Morgan fingerprint density at radius 3 is 2.46 bits per heavy atom. The van der Waals surface area contributed by atoms with Crippen molar-refractivity contribution >= 4 is 11.6 Å². The molecule has 3 aromatic rings. The van der Waals surface area contributed by atoms with Gasteiger partial charge >= 0.3 is 6.01 Å². The molecule has 134 valence electrons. The lowest BCUT2D eigenvalue weighted by atomic mass is 9.94. The summed E-state index contributed by atoms with van der Waals surface area (Å²) in [6.07, 6.45) is 3.87. The number of amides is 1. The number of carbonyl (C=O) groups is 1. The molecule has 26 heavy (non-hydrogen) atoms. The van der Waals surface area contributed by atoms with Gasteiger partial charge in [-0.1, -0.05) is 12.1 Å². The van der Waals surface area contributed by atoms with E-state index in [1.54, 1.807) is 42.7 Å². The van der Waals surface area contributed by atoms with Crippen molar-refractivity contribution in [1.29, 1.82) is 0 Å². The van der Waals surface area contributed by atoms with E-state index < -0.39 is 0 Å². The molecule has 0 aliphatic rings. The topological polar surface area (TPSA) is 90.1 Å². The first-order valence-corrected chi connectivity index (χ1v) is 8.37. The zero-order valence-electron chi connectivity index (χ0n) is 14.9. The van der Waals surface area contributed by atoms with Crippen molar-refractivity contribution in [2.45, 2.75) is 33.1 Å². The summed E-state index contributed by atoms with van der Waals surface area (Å²) in [5.74, 6) is 0.861. The first-order valence-electron chi connectivity index (χ1n) is 8.37. The second kappa shape index (κ2) is 7.77. The summed E-state index contributed by atoms with van der Waals surface area (Å²) < 4.78 is 10.7. The van der Waals surface area contributed by atoms with Gasteiger partial charge in [0.15, 0.2) is 0 Å². The highest BCUT2D eigenvalue weighted by atomic mass is 16.5. The van der Waals surface area contributed by atoms with E-state index >= 15 is 0 Å². The quantitative estimate of drug-likeness (QED) is 0.721.